The number of ether oxygens (including phenoxy) is 2. The molecule has 10 nitrogen and oxygen atoms in total. The first kappa shape index (κ1) is 29.8. The number of carbonyl (C=O) groups is 1. The Kier molecular flexibility index (Phi) is 9.05. The summed E-state index contributed by atoms with van der Waals surface area (Å²) in [5.41, 5.74) is 3.67. The number of benzene rings is 3. The van der Waals surface area contributed by atoms with Gasteiger partial charge in [-0.05, 0) is 65.2 Å². The lowest BCUT2D eigenvalue weighted by molar-refractivity contribution is 0.0940. The van der Waals surface area contributed by atoms with E-state index < -0.39 is 15.9 Å². The molecule has 0 aliphatic carbocycles. The number of hydrogen-bond donors (Lipinski definition) is 2. The van der Waals surface area contributed by atoms with Crippen LogP contribution in [0, 0.1) is 0 Å². The molecule has 43 heavy (non-hydrogen) atoms. The van der Waals surface area contributed by atoms with Gasteiger partial charge < -0.3 is 19.9 Å². The number of aliphatic hydroxyl groups is 1. The van der Waals surface area contributed by atoms with Gasteiger partial charge in [0.1, 0.15) is 11.5 Å². The monoisotopic (exact) mass is 600 g/mol. The van der Waals surface area contributed by atoms with E-state index in [1.165, 1.54) is 4.31 Å². The third-order valence-electron chi connectivity index (χ3n) is 6.97. The second-order valence-corrected chi connectivity index (χ2v) is 11.7. The number of sulfonamides is 1. The highest BCUT2D eigenvalue weighted by molar-refractivity contribution is 7.89. The normalized spacial score (nSPS) is 11.5. The molecule has 0 radical (unpaired) electrons. The summed E-state index contributed by atoms with van der Waals surface area (Å²) in [5.74, 6) is 0.927. The number of amides is 1. The van der Waals surface area contributed by atoms with Gasteiger partial charge in [0.15, 0.2) is 5.69 Å². The van der Waals surface area contributed by atoms with Gasteiger partial charge in [0.25, 0.3) is 5.91 Å². The lowest BCUT2D eigenvalue weighted by Gasteiger charge is -2.23. The molecular formula is C32H32N4O6S. The highest BCUT2D eigenvalue weighted by Crippen LogP contribution is 2.31. The number of fused-ring (bicyclic) bond motifs is 1. The van der Waals surface area contributed by atoms with Crippen LogP contribution in [0.3, 0.4) is 0 Å². The minimum atomic E-state index is -3.95. The smallest absolute Gasteiger partial charge is 0.272 e. The molecule has 222 valence electrons. The zero-order valence-corrected chi connectivity index (χ0v) is 24.6. The van der Waals surface area contributed by atoms with Gasteiger partial charge in [-0.2, -0.15) is 9.40 Å². The quantitative estimate of drug-likeness (QED) is 0.221. The summed E-state index contributed by atoms with van der Waals surface area (Å²) in [6, 6.07) is 26.5. The second kappa shape index (κ2) is 13.1. The molecule has 2 aromatic heterocycles. The van der Waals surface area contributed by atoms with Gasteiger partial charge in [0, 0.05) is 31.4 Å². The zero-order chi connectivity index (χ0) is 30.4. The van der Waals surface area contributed by atoms with E-state index in [-0.39, 0.29) is 36.8 Å². The number of nitrogens with zero attached hydrogens (tertiary/aromatic N) is 3. The molecule has 0 saturated heterocycles. The maximum absolute atomic E-state index is 14.1. The van der Waals surface area contributed by atoms with E-state index in [2.05, 4.69) is 10.4 Å². The van der Waals surface area contributed by atoms with Crippen molar-refractivity contribution in [3.8, 4) is 22.6 Å². The minimum Gasteiger partial charge on any atom is -0.497 e. The highest BCUT2D eigenvalue weighted by atomic mass is 32.2. The topological polar surface area (TPSA) is 122 Å². The van der Waals surface area contributed by atoms with Crippen LogP contribution in [-0.4, -0.2) is 60.7 Å². The molecule has 2 heterocycles. The van der Waals surface area contributed by atoms with Crippen LogP contribution in [0.4, 0.5) is 0 Å². The molecule has 0 aliphatic heterocycles. The van der Waals surface area contributed by atoms with Crippen molar-refractivity contribution in [2.75, 3.05) is 27.4 Å². The SMILES string of the molecule is COc1ccc(CN(Cc2ccc(OC)cc2)S(=O)(=O)c2ccc(-c3c(C(=O)NCCO)nn4ccccc34)cc2)cc1. The second-order valence-electron chi connectivity index (χ2n) is 9.73. The summed E-state index contributed by atoms with van der Waals surface area (Å²) >= 11 is 0. The van der Waals surface area contributed by atoms with Crippen LogP contribution in [0.2, 0.25) is 0 Å². The first-order valence-electron chi connectivity index (χ1n) is 13.6. The standard InChI is InChI=1S/C32H32N4O6S/c1-41-26-12-6-23(7-13-26)21-35(22-24-8-14-27(42-2)15-9-24)43(39,40)28-16-10-25(11-17-28)30-29-5-3-4-19-36(29)34-31(30)32(38)33-18-20-37/h3-17,19,37H,18,20-22H2,1-2H3,(H,33,38). The van der Waals surface area contributed by atoms with Crippen molar-refractivity contribution >= 4 is 21.4 Å². The van der Waals surface area contributed by atoms with Crippen molar-refractivity contribution < 1.29 is 27.8 Å². The third-order valence-corrected chi connectivity index (χ3v) is 8.78. The Morgan fingerprint density at radius 2 is 1.44 bits per heavy atom. The van der Waals surface area contributed by atoms with Gasteiger partial charge in [-0.1, -0.05) is 42.5 Å². The fraction of sp³-hybridized carbons (Fsp3) is 0.188. The number of hydrogen-bond acceptors (Lipinski definition) is 7. The number of aliphatic hydroxyl groups excluding tert-OH is 1. The number of pyridine rings is 1. The van der Waals surface area contributed by atoms with Gasteiger partial charge >= 0.3 is 0 Å². The fourth-order valence-electron chi connectivity index (χ4n) is 4.73. The van der Waals surface area contributed by atoms with Crippen LogP contribution in [0.25, 0.3) is 16.6 Å². The van der Waals surface area contributed by atoms with E-state index in [0.29, 0.717) is 28.1 Å². The fourth-order valence-corrected chi connectivity index (χ4v) is 6.15. The average molecular weight is 601 g/mol. The van der Waals surface area contributed by atoms with E-state index in [0.717, 1.165) is 11.1 Å². The Hall–Kier alpha value is -4.71. The Bertz CT molecular complexity index is 1750. The van der Waals surface area contributed by atoms with Crippen molar-refractivity contribution in [1.82, 2.24) is 19.2 Å². The molecule has 2 N–H and O–H groups in total. The van der Waals surface area contributed by atoms with Crippen molar-refractivity contribution in [3.05, 3.63) is 114 Å². The van der Waals surface area contributed by atoms with Crippen LogP contribution in [0.5, 0.6) is 11.5 Å². The Balaban J connectivity index is 1.50. The van der Waals surface area contributed by atoms with Crippen LogP contribution in [0.15, 0.2) is 102 Å². The summed E-state index contributed by atoms with van der Waals surface area (Å²) in [6.07, 6.45) is 1.73. The highest BCUT2D eigenvalue weighted by Gasteiger charge is 2.26. The molecule has 0 aliphatic rings. The molecule has 0 atom stereocenters. The predicted molar refractivity (Wildman–Crippen MR) is 162 cm³/mol. The van der Waals surface area contributed by atoms with Crippen LogP contribution in [0.1, 0.15) is 21.6 Å². The summed E-state index contributed by atoms with van der Waals surface area (Å²) in [6.45, 7) is 0.165. The largest absolute Gasteiger partial charge is 0.497 e. The average Bonchev–Trinajstić information content (AvgIpc) is 3.44. The van der Waals surface area contributed by atoms with Crippen LogP contribution < -0.4 is 14.8 Å². The van der Waals surface area contributed by atoms with E-state index in [9.17, 15) is 13.2 Å². The van der Waals surface area contributed by atoms with Gasteiger partial charge in [-0.3, -0.25) is 4.79 Å². The molecular weight excluding hydrogens is 568 g/mol. The maximum Gasteiger partial charge on any atom is 0.272 e. The first-order valence-corrected chi connectivity index (χ1v) is 15.0. The minimum absolute atomic E-state index is 0.0849. The Morgan fingerprint density at radius 1 is 0.860 bits per heavy atom. The number of aromatic nitrogens is 2. The summed E-state index contributed by atoms with van der Waals surface area (Å²) in [5, 5.41) is 16.2. The predicted octanol–water partition coefficient (Wildman–Crippen LogP) is 4.13. The molecule has 0 unspecified atom stereocenters. The third kappa shape index (κ3) is 6.54. The number of methoxy groups -OCH3 is 2. The van der Waals surface area contributed by atoms with Gasteiger partial charge in [-0.25, -0.2) is 12.9 Å². The van der Waals surface area contributed by atoms with E-state index in [1.54, 1.807) is 79.5 Å². The lowest BCUT2D eigenvalue weighted by Crippen LogP contribution is -2.30. The van der Waals surface area contributed by atoms with E-state index in [4.69, 9.17) is 14.6 Å². The molecule has 0 spiro atoms. The summed E-state index contributed by atoms with van der Waals surface area (Å²) in [4.78, 5) is 13.0. The molecule has 5 aromatic rings. The molecule has 0 fully saturated rings. The molecule has 5 rings (SSSR count). The van der Waals surface area contributed by atoms with E-state index in [1.807, 2.05) is 36.4 Å². The number of nitrogens with one attached hydrogen (secondary N) is 1. The summed E-state index contributed by atoms with van der Waals surface area (Å²) in [7, 11) is -0.792. The molecule has 1 amide bonds. The van der Waals surface area contributed by atoms with Crippen molar-refractivity contribution in [2.45, 2.75) is 18.0 Å². The number of carbonyl (C=O) groups excluding carboxylic acids is 1. The molecule has 11 heteroatoms. The maximum atomic E-state index is 14.1. The van der Waals surface area contributed by atoms with Crippen molar-refractivity contribution in [2.24, 2.45) is 0 Å². The first-order chi connectivity index (χ1) is 20.8. The van der Waals surface area contributed by atoms with Gasteiger partial charge in [0.2, 0.25) is 10.0 Å². The molecule has 0 bridgehead atoms. The van der Waals surface area contributed by atoms with Crippen LogP contribution >= 0.6 is 0 Å². The van der Waals surface area contributed by atoms with Gasteiger partial charge in [-0.15, -0.1) is 0 Å². The van der Waals surface area contributed by atoms with Crippen LogP contribution in [-0.2, 0) is 23.1 Å². The summed E-state index contributed by atoms with van der Waals surface area (Å²) < 4.78 is 41.7. The van der Waals surface area contributed by atoms with Gasteiger partial charge in [0.05, 0.1) is 31.2 Å². The Morgan fingerprint density at radius 3 is 1.98 bits per heavy atom. The molecule has 0 saturated carbocycles. The molecule has 3 aromatic carbocycles. The van der Waals surface area contributed by atoms with Crippen molar-refractivity contribution in [1.29, 1.82) is 0 Å². The number of rotatable bonds is 12. The lowest BCUT2D eigenvalue weighted by atomic mass is 10.0. The van der Waals surface area contributed by atoms with Crippen molar-refractivity contribution in [3.63, 3.8) is 0 Å². The zero-order valence-electron chi connectivity index (χ0n) is 23.8. The van der Waals surface area contributed by atoms with E-state index >= 15 is 0 Å². The Labute approximate surface area is 250 Å².